The van der Waals surface area contributed by atoms with Gasteiger partial charge in [-0.1, -0.05) is 41.4 Å². The highest BCUT2D eigenvalue weighted by Gasteiger charge is 2.77. The summed E-state index contributed by atoms with van der Waals surface area (Å²) < 4.78 is 12.0. The van der Waals surface area contributed by atoms with Gasteiger partial charge in [0.1, 0.15) is 11.5 Å². The Bertz CT molecular complexity index is 781. The fourth-order valence-electron chi connectivity index (χ4n) is 5.13. The second kappa shape index (κ2) is 5.87. The molecule has 0 aliphatic heterocycles. The van der Waals surface area contributed by atoms with Gasteiger partial charge in [-0.2, -0.15) is 0 Å². The molecule has 4 atom stereocenters. The van der Waals surface area contributed by atoms with Gasteiger partial charge in [0.05, 0.1) is 12.7 Å². The molecule has 134 valence electrons. The highest BCUT2D eigenvalue weighted by Crippen LogP contribution is 2.82. The third-order valence-electron chi connectivity index (χ3n) is 6.65. The summed E-state index contributed by atoms with van der Waals surface area (Å²) in [6.07, 6.45) is 10.0. The van der Waals surface area contributed by atoms with Gasteiger partial charge in [-0.3, -0.25) is 0 Å². The zero-order valence-corrected chi connectivity index (χ0v) is 16.0. The van der Waals surface area contributed by atoms with Crippen LogP contribution in [0.2, 0.25) is 0 Å². The van der Waals surface area contributed by atoms with Gasteiger partial charge >= 0.3 is 0 Å². The minimum atomic E-state index is 0.415. The molecular formula is C20H23Cl2NO2. The fraction of sp³-hybridized carbons (Fsp3) is 0.650. The SMILES string of the molecule is CCCc1onc(C2=C(Cl)CCC=C2Cl)c1COC1CC2C[C@@]23CC13. The van der Waals surface area contributed by atoms with Gasteiger partial charge in [0.15, 0.2) is 0 Å². The molecule has 0 saturated heterocycles. The Balaban J connectivity index is 1.41. The van der Waals surface area contributed by atoms with Crippen LogP contribution in [-0.4, -0.2) is 11.3 Å². The molecule has 5 heteroatoms. The van der Waals surface area contributed by atoms with Crippen molar-refractivity contribution in [3.05, 3.63) is 33.2 Å². The predicted molar refractivity (Wildman–Crippen MR) is 98.3 cm³/mol. The highest BCUT2D eigenvalue weighted by atomic mass is 35.5. The van der Waals surface area contributed by atoms with Crippen molar-refractivity contribution in [1.82, 2.24) is 5.16 Å². The second-order valence-corrected chi connectivity index (χ2v) is 8.95. The lowest BCUT2D eigenvalue weighted by atomic mass is 9.99. The van der Waals surface area contributed by atoms with Crippen LogP contribution in [-0.2, 0) is 17.8 Å². The normalized spacial score (nSPS) is 35.5. The van der Waals surface area contributed by atoms with Gasteiger partial charge in [0.25, 0.3) is 0 Å². The molecule has 0 bridgehead atoms. The molecule has 4 aliphatic rings. The maximum Gasteiger partial charge on any atom is 0.142 e. The van der Waals surface area contributed by atoms with Crippen LogP contribution >= 0.6 is 23.2 Å². The number of hydrogen-bond acceptors (Lipinski definition) is 3. The lowest BCUT2D eigenvalue weighted by Crippen LogP contribution is -2.15. The van der Waals surface area contributed by atoms with Gasteiger partial charge in [-0.05, 0) is 55.8 Å². The molecule has 3 saturated carbocycles. The van der Waals surface area contributed by atoms with Gasteiger partial charge in [0.2, 0.25) is 0 Å². The number of nitrogens with zero attached hydrogens (tertiary/aromatic N) is 1. The Hall–Kier alpha value is -0.770. The lowest BCUT2D eigenvalue weighted by Gasteiger charge is -2.17. The number of ether oxygens (including phenoxy) is 1. The Kier molecular flexibility index (Phi) is 3.85. The molecule has 1 aromatic rings. The van der Waals surface area contributed by atoms with E-state index in [4.69, 9.17) is 32.5 Å². The zero-order valence-electron chi connectivity index (χ0n) is 14.5. The monoisotopic (exact) mass is 379 g/mol. The summed E-state index contributed by atoms with van der Waals surface area (Å²) in [5.74, 6) is 2.65. The van der Waals surface area contributed by atoms with Crippen LogP contribution in [0.4, 0.5) is 0 Å². The maximum absolute atomic E-state index is 6.48. The molecule has 0 radical (unpaired) electrons. The molecule has 5 rings (SSSR count). The summed E-state index contributed by atoms with van der Waals surface area (Å²) in [7, 11) is 0. The Morgan fingerprint density at radius 2 is 2.24 bits per heavy atom. The topological polar surface area (TPSA) is 35.3 Å². The van der Waals surface area contributed by atoms with E-state index in [9.17, 15) is 0 Å². The zero-order chi connectivity index (χ0) is 17.2. The second-order valence-electron chi connectivity index (χ2n) is 8.08. The molecule has 3 unspecified atom stereocenters. The minimum Gasteiger partial charge on any atom is -0.373 e. The van der Waals surface area contributed by atoms with Crippen LogP contribution in [0.3, 0.4) is 0 Å². The highest BCUT2D eigenvalue weighted by molar-refractivity contribution is 6.42. The molecule has 0 N–H and O–H groups in total. The van der Waals surface area contributed by atoms with E-state index in [1.54, 1.807) is 0 Å². The first kappa shape index (κ1) is 16.4. The Morgan fingerprint density at radius 3 is 2.92 bits per heavy atom. The number of rotatable bonds is 6. The van der Waals surface area contributed by atoms with Crippen molar-refractivity contribution in [3.63, 3.8) is 0 Å². The van der Waals surface area contributed by atoms with Crippen LogP contribution in [0.15, 0.2) is 20.7 Å². The Morgan fingerprint density at radius 1 is 1.36 bits per heavy atom. The smallest absolute Gasteiger partial charge is 0.142 e. The van der Waals surface area contributed by atoms with Crippen molar-refractivity contribution in [2.45, 2.75) is 64.6 Å². The van der Waals surface area contributed by atoms with Gasteiger partial charge in [0, 0.05) is 27.6 Å². The quantitative estimate of drug-likeness (QED) is 0.625. The van der Waals surface area contributed by atoms with Crippen LogP contribution in [0.25, 0.3) is 5.57 Å². The van der Waals surface area contributed by atoms with Crippen molar-refractivity contribution in [2.24, 2.45) is 17.3 Å². The first-order valence-corrected chi connectivity index (χ1v) is 10.2. The average Bonchev–Trinajstić information content (AvgIpc) is 3.42. The van der Waals surface area contributed by atoms with Crippen LogP contribution in [0, 0.1) is 17.3 Å². The predicted octanol–water partition coefficient (Wildman–Crippen LogP) is 5.81. The summed E-state index contributed by atoms with van der Waals surface area (Å²) in [6, 6.07) is 0. The van der Waals surface area contributed by atoms with E-state index in [0.717, 1.165) is 65.1 Å². The molecule has 1 spiro atoms. The molecule has 1 heterocycles. The van der Waals surface area contributed by atoms with Gasteiger partial charge < -0.3 is 9.26 Å². The molecule has 0 aromatic carbocycles. The number of halogens is 2. The molecule has 3 nitrogen and oxygen atoms in total. The first-order chi connectivity index (χ1) is 12.1. The summed E-state index contributed by atoms with van der Waals surface area (Å²) in [6.45, 7) is 2.70. The van der Waals surface area contributed by atoms with E-state index in [2.05, 4.69) is 12.1 Å². The van der Waals surface area contributed by atoms with E-state index in [1.165, 1.54) is 19.3 Å². The van der Waals surface area contributed by atoms with E-state index >= 15 is 0 Å². The van der Waals surface area contributed by atoms with Crippen molar-refractivity contribution < 1.29 is 9.26 Å². The lowest BCUT2D eigenvalue weighted by molar-refractivity contribution is 0.0239. The number of aryl methyl sites for hydroxylation is 1. The average molecular weight is 380 g/mol. The largest absolute Gasteiger partial charge is 0.373 e. The summed E-state index contributed by atoms with van der Waals surface area (Å²) in [4.78, 5) is 0. The van der Waals surface area contributed by atoms with Crippen molar-refractivity contribution in [2.75, 3.05) is 0 Å². The van der Waals surface area contributed by atoms with Crippen molar-refractivity contribution in [3.8, 4) is 0 Å². The third-order valence-corrected chi connectivity index (χ3v) is 7.37. The number of hydrogen-bond donors (Lipinski definition) is 0. The van der Waals surface area contributed by atoms with Gasteiger partial charge in [-0.25, -0.2) is 0 Å². The fourth-order valence-corrected chi connectivity index (χ4v) is 5.79. The summed E-state index contributed by atoms with van der Waals surface area (Å²) in [5.41, 5.74) is 3.36. The van der Waals surface area contributed by atoms with Crippen LogP contribution < -0.4 is 0 Å². The summed E-state index contributed by atoms with van der Waals surface area (Å²) >= 11 is 12.9. The maximum atomic E-state index is 6.48. The number of aromatic nitrogens is 1. The molecule has 3 fully saturated rings. The Labute approximate surface area is 158 Å². The molecule has 4 aliphatic carbocycles. The van der Waals surface area contributed by atoms with Crippen LogP contribution in [0.5, 0.6) is 0 Å². The molecule has 25 heavy (non-hydrogen) atoms. The van der Waals surface area contributed by atoms with E-state index in [-0.39, 0.29) is 0 Å². The first-order valence-electron chi connectivity index (χ1n) is 9.48. The van der Waals surface area contributed by atoms with Crippen molar-refractivity contribution >= 4 is 28.8 Å². The molecule has 0 amide bonds. The van der Waals surface area contributed by atoms with E-state index in [0.29, 0.717) is 23.2 Å². The third kappa shape index (κ3) is 2.54. The minimum absolute atomic E-state index is 0.415. The van der Waals surface area contributed by atoms with Gasteiger partial charge in [-0.15, -0.1) is 0 Å². The summed E-state index contributed by atoms with van der Waals surface area (Å²) in [5, 5.41) is 5.78. The molecular weight excluding hydrogens is 357 g/mol. The van der Waals surface area contributed by atoms with E-state index < -0.39 is 0 Å². The van der Waals surface area contributed by atoms with Crippen LogP contribution in [0.1, 0.15) is 62.5 Å². The molecule has 1 aromatic heterocycles. The van der Waals surface area contributed by atoms with Crippen molar-refractivity contribution in [1.29, 1.82) is 0 Å². The number of allylic oxidation sites excluding steroid dienone is 4. The standard InChI is InChI=1S/C20H23Cl2NO2/c1-2-4-16-12(10-24-17-7-11-8-20(11)9-13(17)20)19(23-25-16)18-14(21)5-3-6-15(18)22/h5,11,13,17H,2-4,6-10H2,1H3/t11?,13?,17?,20-/m1/s1. The van der Waals surface area contributed by atoms with E-state index in [1.807, 2.05) is 6.08 Å².